The molecule has 0 bridgehead atoms. The molecule has 6 nitrogen and oxygen atoms in total. The van der Waals surface area contributed by atoms with Gasteiger partial charge in [-0.1, -0.05) is 48.5 Å². The van der Waals surface area contributed by atoms with Gasteiger partial charge in [-0.15, -0.1) is 0 Å². The molecule has 0 atom stereocenters. The highest BCUT2D eigenvalue weighted by atomic mass is 16.3. The topological polar surface area (TPSA) is 107 Å². The van der Waals surface area contributed by atoms with Crippen molar-refractivity contribution in [2.75, 3.05) is 13.2 Å². The number of carbonyl (C=O) groups excluding carboxylic acids is 2. The monoisotopic (exact) mass is 399 g/mol. The molecule has 2 aromatic rings. The molecule has 0 heterocycles. The average molecular weight is 399 g/mol. The van der Waals surface area contributed by atoms with Crippen LogP contribution in [0.3, 0.4) is 0 Å². The highest BCUT2D eigenvalue weighted by Gasteiger charge is 2.26. The predicted octanol–water partition coefficient (Wildman–Crippen LogP) is 2.27. The molecule has 0 fully saturated rings. The Labute approximate surface area is 171 Å². The van der Waals surface area contributed by atoms with Crippen molar-refractivity contribution >= 4 is 11.6 Å². The summed E-state index contributed by atoms with van der Waals surface area (Å²) < 4.78 is 0. The first-order valence-corrected chi connectivity index (χ1v) is 9.53. The number of hydrogen-bond acceptors (Lipinski definition) is 6. The van der Waals surface area contributed by atoms with Crippen molar-refractivity contribution in [2.45, 2.75) is 44.9 Å². The van der Waals surface area contributed by atoms with Crippen LogP contribution in [0.1, 0.15) is 65.6 Å². The summed E-state index contributed by atoms with van der Waals surface area (Å²) in [5.74, 6) is -0.725. The van der Waals surface area contributed by atoms with Gasteiger partial charge in [-0.3, -0.25) is 9.59 Å². The molecular formula is C23H29NO5. The summed E-state index contributed by atoms with van der Waals surface area (Å²) in [4.78, 5) is 24.4. The smallest absolute Gasteiger partial charge is 0.193 e. The first-order valence-electron chi connectivity index (χ1n) is 9.53. The zero-order chi connectivity index (χ0) is 21.8. The maximum atomic E-state index is 12.2. The molecule has 0 amide bonds. The first kappa shape index (κ1) is 22.9. The third kappa shape index (κ3) is 5.81. The number of benzene rings is 2. The fourth-order valence-corrected chi connectivity index (χ4v) is 3.00. The van der Waals surface area contributed by atoms with Crippen molar-refractivity contribution in [3.05, 3.63) is 70.8 Å². The van der Waals surface area contributed by atoms with E-state index in [9.17, 15) is 24.9 Å². The minimum absolute atomic E-state index is 0.0406. The van der Waals surface area contributed by atoms with Crippen molar-refractivity contribution < 1.29 is 24.9 Å². The Hall–Kier alpha value is -2.38. The van der Waals surface area contributed by atoms with Gasteiger partial charge >= 0.3 is 0 Å². The van der Waals surface area contributed by atoms with E-state index in [4.69, 9.17) is 0 Å². The molecular weight excluding hydrogens is 370 g/mol. The largest absolute Gasteiger partial charge is 0.395 e. The second-order valence-corrected chi connectivity index (χ2v) is 8.13. The fraction of sp³-hybridized carbons (Fsp3) is 0.391. The molecule has 0 spiro atoms. The number of nitrogens with one attached hydrogen (secondary N) is 1. The predicted molar refractivity (Wildman–Crippen MR) is 111 cm³/mol. The number of rotatable bonds is 9. The minimum Gasteiger partial charge on any atom is -0.395 e. The maximum absolute atomic E-state index is 12.2. The van der Waals surface area contributed by atoms with Crippen molar-refractivity contribution in [3.63, 3.8) is 0 Å². The maximum Gasteiger partial charge on any atom is 0.193 e. The summed E-state index contributed by atoms with van der Waals surface area (Å²) in [5.41, 5.74) is -0.334. The van der Waals surface area contributed by atoms with Crippen molar-refractivity contribution in [2.24, 2.45) is 0 Å². The zero-order valence-corrected chi connectivity index (χ0v) is 17.3. The summed E-state index contributed by atoms with van der Waals surface area (Å²) in [5, 5.41) is 32.3. The molecule has 0 radical (unpaired) electrons. The van der Waals surface area contributed by atoms with Gasteiger partial charge in [-0.25, -0.2) is 0 Å². The number of aliphatic hydroxyl groups excluding tert-OH is 1. The molecule has 2 aromatic carbocycles. The number of Topliss-reactive ketones (excluding diaryl/α,β-unsaturated/α-hetero) is 2. The lowest BCUT2D eigenvalue weighted by atomic mass is 9.91. The number of ketones is 2. The molecule has 0 unspecified atom stereocenters. The van der Waals surface area contributed by atoms with Crippen molar-refractivity contribution in [1.29, 1.82) is 0 Å². The van der Waals surface area contributed by atoms with Gasteiger partial charge in [0.05, 0.1) is 12.6 Å². The SMILES string of the molecule is CC(C)(O)C(=O)c1ccc(C(NCCO)c2ccc(C(=O)C(C)(C)O)cc2)cc1. The van der Waals surface area contributed by atoms with Crippen LogP contribution in [-0.2, 0) is 0 Å². The molecule has 4 N–H and O–H groups in total. The standard InChI is InChI=1S/C23H29NO5/c1-22(2,28)20(26)17-9-5-15(6-10-17)19(24-13-14-25)16-7-11-18(12-8-16)21(27)23(3,4)29/h5-12,19,24-25,28-29H,13-14H2,1-4H3. The molecule has 0 saturated heterocycles. The molecule has 2 rings (SSSR count). The Bertz CT molecular complexity index is 773. The second kappa shape index (κ2) is 8.97. The van der Waals surface area contributed by atoms with E-state index in [0.717, 1.165) is 11.1 Å². The van der Waals surface area contributed by atoms with Gasteiger partial charge in [0.1, 0.15) is 11.2 Å². The van der Waals surface area contributed by atoms with Gasteiger partial charge in [0.2, 0.25) is 0 Å². The molecule has 6 heteroatoms. The highest BCUT2D eigenvalue weighted by molar-refractivity contribution is 6.02. The van der Waals surface area contributed by atoms with E-state index in [1.807, 2.05) is 0 Å². The molecule has 29 heavy (non-hydrogen) atoms. The van der Waals surface area contributed by atoms with E-state index < -0.39 is 11.2 Å². The highest BCUT2D eigenvalue weighted by Crippen LogP contribution is 2.25. The van der Waals surface area contributed by atoms with Gasteiger partial charge in [0.15, 0.2) is 11.6 Å². The summed E-state index contributed by atoms with van der Waals surface area (Å²) in [6, 6.07) is 13.6. The van der Waals surface area contributed by atoms with Gasteiger partial charge in [-0.2, -0.15) is 0 Å². The Morgan fingerprint density at radius 2 is 1.14 bits per heavy atom. The first-order chi connectivity index (χ1) is 13.4. The summed E-state index contributed by atoms with van der Waals surface area (Å²) in [6.07, 6.45) is 0. The lowest BCUT2D eigenvalue weighted by molar-refractivity contribution is 0.0487. The van der Waals surface area contributed by atoms with Crippen LogP contribution in [0.5, 0.6) is 0 Å². The lowest BCUT2D eigenvalue weighted by Crippen LogP contribution is -2.31. The van der Waals surface area contributed by atoms with E-state index in [0.29, 0.717) is 17.7 Å². The van der Waals surface area contributed by atoms with Crippen LogP contribution >= 0.6 is 0 Å². The molecule has 0 aliphatic heterocycles. The second-order valence-electron chi connectivity index (χ2n) is 8.13. The van der Waals surface area contributed by atoms with Crippen molar-refractivity contribution in [1.82, 2.24) is 5.32 Å². The quantitative estimate of drug-likeness (QED) is 0.482. The average Bonchev–Trinajstić information content (AvgIpc) is 2.66. The van der Waals surface area contributed by atoms with Gasteiger partial charge < -0.3 is 20.6 Å². The molecule has 0 aliphatic carbocycles. The summed E-state index contributed by atoms with van der Waals surface area (Å²) in [6.45, 7) is 6.12. The van der Waals surface area contributed by atoms with E-state index >= 15 is 0 Å². The normalized spacial score (nSPS) is 12.3. The summed E-state index contributed by atoms with van der Waals surface area (Å²) >= 11 is 0. The fourth-order valence-electron chi connectivity index (χ4n) is 3.00. The van der Waals surface area contributed by atoms with Crippen LogP contribution in [-0.4, -0.2) is 51.2 Å². The Kier molecular flexibility index (Phi) is 7.08. The van der Waals surface area contributed by atoms with Gasteiger partial charge in [-0.05, 0) is 38.8 Å². The summed E-state index contributed by atoms with van der Waals surface area (Å²) in [7, 11) is 0. The Morgan fingerprint density at radius 1 is 0.793 bits per heavy atom. The van der Waals surface area contributed by atoms with Crippen LogP contribution in [0.25, 0.3) is 0 Å². The number of aliphatic hydroxyl groups is 3. The van der Waals surface area contributed by atoms with Crippen molar-refractivity contribution in [3.8, 4) is 0 Å². The van der Waals surface area contributed by atoms with E-state index in [1.165, 1.54) is 27.7 Å². The lowest BCUT2D eigenvalue weighted by Gasteiger charge is -2.21. The van der Waals surface area contributed by atoms with Crippen LogP contribution in [0, 0.1) is 0 Å². The Balaban J connectivity index is 2.32. The van der Waals surface area contributed by atoms with E-state index in [1.54, 1.807) is 48.5 Å². The Morgan fingerprint density at radius 3 is 1.41 bits per heavy atom. The molecule has 156 valence electrons. The minimum atomic E-state index is -1.45. The van der Waals surface area contributed by atoms with Crippen LogP contribution < -0.4 is 5.32 Å². The zero-order valence-electron chi connectivity index (χ0n) is 17.3. The van der Waals surface area contributed by atoms with E-state index in [-0.39, 0.29) is 24.2 Å². The molecule has 0 aromatic heterocycles. The number of hydrogen-bond donors (Lipinski definition) is 4. The van der Waals surface area contributed by atoms with Gasteiger partial charge in [0, 0.05) is 17.7 Å². The van der Waals surface area contributed by atoms with Crippen LogP contribution in [0.15, 0.2) is 48.5 Å². The third-order valence-electron chi connectivity index (χ3n) is 4.58. The molecule has 0 saturated carbocycles. The van der Waals surface area contributed by atoms with Gasteiger partial charge in [0.25, 0.3) is 0 Å². The van der Waals surface area contributed by atoms with E-state index in [2.05, 4.69) is 5.32 Å². The van der Waals surface area contributed by atoms with Crippen LogP contribution in [0.2, 0.25) is 0 Å². The molecule has 0 aliphatic rings. The number of carbonyl (C=O) groups is 2. The van der Waals surface area contributed by atoms with Crippen LogP contribution in [0.4, 0.5) is 0 Å². The third-order valence-corrected chi connectivity index (χ3v) is 4.58.